The Balaban J connectivity index is 1.59. The lowest BCUT2D eigenvalue weighted by Gasteiger charge is -2.35. The molecule has 0 bridgehead atoms. The van der Waals surface area contributed by atoms with Crippen LogP contribution < -0.4 is 10.6 Å². The molecule has 1 aliphatic heterocycles. The van der Waals surface area contributed by atoms with Gasteiger partial charge in [-0.1, -0.05) is 34.5 Å². The average Bonchev–Trinajstić information content (AvgIpc) is 3.16. The highest BCUT2D eigenvalue weighted by molar-refractivity contribution is 7.13. The number of amides is 2. The monoisotopic (exact) mass is 427 g/mol. The SMILES string of the molecule is CC(C(=O)Nc1ccc(Cl)cc1Cl)N1CCCC(C(=O)Nc2nncs2)C1. The number of likely N-dealkylation sites (tertiary alicyclic amines) is 1. The van der Waals surface area contributed by atoms with E-state index in [1.165, 1.54) is 11.3 Å². The highest BCUT2D eigenvalue weighted by Gasteiger charge is 2.31. The van der Waals surface area contributed by atoms with Crippen molar-refractivity contribution in [3.63, 3.8) is 0 Å². The first kappa shape index (κ1) is 20.0. The summed E-state index contributed by atoms with van der Waals surface area (Å²) in [4.78, 5) is 27.1. The van der Waals surface area contributed by atoms with E-state index >= 15 is 0 Å². The van der Waals surface area contributed by atoms with Crippen LogP contribution in [0.15, 0.2) is 23.7 Å². The van der Waals surface area contributed by atoms with E-state index in [2.05, 4.69) is 20.8 Å². The summed E-state index contributed by atoms with van der Waals surface area (Å²) < 4.78 is 0. The molecule has 1 fully saturated rings. The van der Waals surface area contributed by atoms with E-state index in [0.717, 1.165) is 19.4 Å². The maximum atomic E-state index is 12.6. The number of halogens is 2. The molecule has 2 unspecified atom stereocenters. The molecule has 7 nitrogen and oxygen atoms in total. The third-order valence-electron chi connectivity index (χ3n) is 4.53. The summed E-state index contributed by atoms with van der Waals surface area (Å²) in [6, 6.07) is 4.53. The van der Waals surface area contributed by atoms with Crippen molar-refractivity contribution >= 4 is 57.2 Å². The highest BCUT2D eigenvalue weighted by atomic mass is 35.5. The zero-order chi connectivity index (χ0) is 19.4. The van der Waals surface area contributed by atoms with E-state index in [1.54, 1.807) is 23.7 Å². The van der Waals surface area contributed by atoms with Crippen LogP contribution in [0.5, 0.6) is 0 Å². The Morgan fingerprint density at radius 3 is 2.85 bits per heavy atom. The Morgan fingerprint density at radius 1 is 1.33 bits per heavy atom. The molecule has 1 aliphatic rings. The van der Waals surface area contributed by atoms with Crippen LogP contribution in [0.1, 0.15) is 19.8 Å². The van der Waals surface area contributed by atoms with Gasteiger partial charge in [-0.15, -0.1) is 10.2 Å². The lowest BCUT2D eigenvalue weighted by atomic mass is 9.96. The largest absolute Gasteiger partial charge is 0.323 e. The van der Waals surface area contributed by atoms with Gasteiger partial charge in [0, 0.05) is 11.6 Å². The molecular formula is C17H19Cl2N5O2S. The predicted molar refractivity (Wildman–Crippen MR) is 107 cm³/mol. The van der Waals surface area contributed by atoms with E-state index in [1.807, 2.05) is 11.8 Å². The zero-order valence-corrected chi connectivity index (χ0v) is 16.9. The standard InChI is InChI=1S/C17H19Cl2N5O2S/c1-10(15(25)21-14-5-4-12(18)7-13(14)19)24-6-2-3-11(8-24)16(26)22-17-23-20-9-27-17/h4-5,7,9-11H,2-3,6,8H2,1H3,(H,21,25)(H,22,23,26). The molecule has 27 heavy (non-hydrogen) atoms. The lowest BCUT2D eigenvalue weighted by Crippen LogP contribution is -2.49. The molecule has 2 N–H and O–H groups in total. The van der Waals surface area contributed by atoms with Crippen molar-refractivity contribution in [3.05, 3.63) is 33.8 Å². The van der Waals surface area contributed by atoms with Gasteiger partial charge < -0.3 is 10.6 Å². The van der Waals surface area contributed by atoms with Gasteiger partial charge in [0.25, 0.3) is 0 Å². The van der Waals surface area contributed by atoms with Crippen LogP contribution in [0.2, 0.25) is 10.0 Å². The number of hydrogen-bond donors (Lipinski definition) is 2. The number of carbonyl (C=O) groups is 2. The van der Waals surface area contributed by atoms with E-state index in [4.69, 9.17) is 23.2 Å². The molecule has 1 saturated heterocycles. The molecule has 144 valence electrons. The Labute approximate surface area is 171 Å². The van der Waals surface area contributed by atoms with E-state index < -0.39 is 6.04 Å². The van der Waals surface area contributed by atoms with Gasteiger partial charge in [0.15, 0.2) is 0 Å². The second kappa shape index (κ2) is 8.97. The molecule has 2 aromatic rings. The van der Waals surface area contributed by atoms with Gasteiger partial charge in [-0.25, -0.2) is 0 Å². The number of benzene rings is 1. The Kier molecular flexibility index (Phi) is 6.64. The smallest absolute Gasteiger partial charge is 0.241 e. The molecule has 0 radical (unpaired) electrons. The van der Waals surface area contributed by atoms with Crippen LogP contribution >= 0.6 is 34.5 Å². The van der Waals surface area contributed by atoms with Crippen molar-refractivity contribution in [2.45, 2.75) is 25.8 Å². The van der Waals surface area contributed by atoms with Crippen molar-refractivity contribution in [1.82, 2.24) is 15.1 Å². The maximum absolute atomic E-state index is 12.6. The molecule has 1 aromatic carbocycles. The fourth-order valence-electron chi connectivity index (χ4n) is 3.00. The third-order valence-corrected chi connectivity index (χ3v) is 5.68. The fraction of sp³-hybridized carbons (Fsp3) is 0.412. The minimum atomic E-state index is -0.395. The zero-order valence-electron chi connectivity index (χ0n) is 14.6. The summed E-state index contributed by atoms with van der Waals surface area (Å²) >= 11 is 13.3. The van der Waals surface area contributed by atoms with Crippen LogP contribution in [0, 0.1) is 5.92 Å². The Hall–Kier alpha value is -1.74. The molecule has 1 aromatic heterocycles. The molecule has 10 heteroatoms. The van der Waals surface area contributed by atoms with Gasteiger partial charge in [0.05, 0.1) is 22.7 Å². The molecule has 2 heterocycles. The summed E-state index contributed by atoms with van der Waals surface area (Å²) in [5.74, 6) is -0.466. The lowest BCUT2D eigenvalue weighted by molar-refractivity contribution is -0.125. The number of aromatic nitrogens is 2. The molecule has 0 spiro atoms. The van der Waals surface area contributed by atoms with Gasteiger partial charge in [0.1, 0.15) is 5.51 Å². The third kappa shape index (κ3) is 5.16. The van der Waals surface area contributed by atoms with Gasteiger partial charge >= 0.3 is 0 Å². The van der Waals surface area contributed by atoms with Crippen molar-refractivity contribution < 1.29 is 9.59 Å². The molecule has 2 amide bonds. The van der Waals surface area contributed by atoms with Crippen LogP contribution in [-0.2, 0) is 9.59 Å². The van der Waals surface area contributed by atoms with Crippen LogP contribution in [0.3, 0.4) is 0 Å². The second-order valence-electron chi connectivity index (χ2n) is 6.36. The molecule has 0 aliphatic carbocycles. The number of carbonyl (C=O) groups excluding carboxylic acids is 2. The number of nitrogens with one attached hydrogen (secondary N) is 2. The fourth-order valence-corrected chi connectivity index (χ4v) is 3.90. The maximum Gasteiger partial charge on any atom is 0.241 e. The van der Waals surface area contributed by atoms with E-state index in [-0.39, 0.29) is 17.7 Å². The van der Waals surface area contributed by atoms with E-state index in [9.17, 15) is 9.59 Å². The quantitative estimate of drug-likeness (QED) is 0.761. The van der Waals surface area contributed by atoms with Crippen molar-refractivity contribution in [3.8, 4) is 0 Å². The first-order valence-electron chi connectivity index (χ1n) is 8.51. The number of rotatable bonds is 5. The van der Waals surface area contributed by atoms with Gasteiger partial charge in [0.2, 0.25) is 16.9 Å². The summed E-state index contributed by atoms with van der Waals surface area (Å²) in [5.41, 5.74) is 2.08. The molecule has 2 atom stereocenters. The van der Waals surface area contributed by atoms with Crippen molar-refractivity contribution in [2.75, 3.05) is 23.7 Å². The average molecular weight is 428 g/mol. The number of hydrogen-bond acceptors (Lipinski definition) is 6. The van der Waals surface area contributed by atoms with Crippen molar-refractivity contribution in [1.29, 1.82) is 0 Å². The van der Waals surface area contributed by atoms with Crippen LogP contribution in [0.25, 0.3) is 0 Å². The summed E-state index contributed by atoms with van der Waals surface area (Å²) in [6.45, 7) is 3.09. The second-order valence-corrected chi connectivity index (χ2v) is 8.03. The predicted octanol–water partition coefficient (Wildman–Crippen LogP) is 3.52. The minimum Gasteiger partial charge on any atom is -0.323 e. The first-order chi connectivity index (χ1) is 12.9. The Morgan fingerprint density at radius 2 is 2.15 bits per heavy atom. The summed E-state index contributed by atoms with van der Waals surface area (Å²) in [5, 5.41) is 14.5. The normalized spacial score (nSPS) is 18.7. The highest BCUT2D eigenvalue weighted by Crippen LogP contribution is 2.26. The molecular weight excluding hydrogens is 409 g/mol. The van der Waals surface area contributed by atoms with Crippen molar-refractivity contribution in [2.24, 2.45) is 5.92 Å². The minimum absolute atomic E-state index is 0.0928. The van der Waals surface area contributed by atoms with Crippen LogP contribution in [0.4, 0.5) is 10.8 Å². The number of nitrogens with zero attached hydrogens (tertiary/aromatic N) is 3. The van der Waals surface area contributed by atoms with Gasteiger partial charge in [-0.2, -0.15) is 0 Å². The number of piperidine rings is 1. The summed E-state index contributed by atoms with van der Waals surface area (Å²) in [7, 11) is 0. The summed E-state index contributed by atoms with van der Waals surface area (Å²) in [6.07, 6.45) is 1.62. The Bertz CT molecular complexity index is 818. The first-order valence-corrected chi connectivity index (χ1v) is 10.1. The van der Waals surface area contributed by atoms with E-state index in [0.29, 0.717) is 27.4 Å². The molecule has 0 saturated carbocycles. The van der Waals surface area contributed by atoms with Crippen LogP contribution in [-0.4, -0.2) is 46.0 Å². The molecule has 3 rings (SSSR count). The topological polar surface area (TPSA) is 87.2 Å². The number of anilines is 2. The van der Waals surface area contributed by atoms with Gasteiger partial charge in [-0.05, 0) is 44.5 Å². The van der Waals surface area contributed by atoms with Gasteiger partial charge in [-0.3, -0.25) is 14.5 Å².